The summed E-state index contributed by atoms with van der Waals surface area (Å²) in [5.74, 6) is 0.530. The van der Waals surface area contributed by atoms with Crippen LogP contribution in [0.1, 0.15) is 19.3 Å². The summed E-state index contributed by atoms with van der Waals surface area (Å²) in [4.78, 5) is 16.8. The number of azo groups is 1. The minimum Gasteiger partial charge on any atom is -0.410 e. The summed E-state index contributed by atoms with van der Waals surface area (Å²) in [6.07, 6.45) is 3.29. The van der Waals surface area contributed by atoms with E-state index in [1.807, 2.05) is 35.2 Å². The van der Waals surface area contributed by atoms with Crippen LogP contribution in [0.2, 0.25) is 0 Å². The number of hydrogen-bond acceptors (Lipinski definition) is 5. The number of carbonyl (C=O) groups excluding carboxylic acids is 1. The van der Waals surface area contributed by atoms with Crippen LogP contribution in [0.3, 0.4) is 0 Å². The Hall–Kier alpha value is -2.73. The van der Waals surface area contributed by atoms with E-state index in [9.17, 15) is 4.79 Å². The van der Waals surface area contributed by atoms with Crippen LogP contribution in [0, 0.1) is 0 Å². The van der Waals surface area contributed by atoms with Crippen LogP contribution in [0.15, 0.2) is 64.8 Å². The van der Waals surface area contributed by atoms with Gasteiger partial charge in [0.15, 0.2) is 0 Å². The molecule has 1 amide bonds. The second kappa shape index (κ2) is 7.88. The minimum absolute atomic E-state index is 0.265. The number of hydrogen-bond donors (Lipinski definition) is 0. The molecule has 0 radical (unpaired) electrons. The molecule has 2 aromatic rings. The van der Waals surface area contributed by atoms with Crippen LogP contribution in [0.5, 0.6) is 5.75 Å². The fraction of sp³-hybridized carbons (Fsp3) is 0.381. The van der Waals surface area contributed by atoms with Gasteiger partial charge >= 0.3 is 6.09 Å². The van der Waals surface area contributed by atoms with E-state index in [-0.39, 0.29) is 6.09 Å². The lowest BCUT2D eigenvalue weighted by atomic mass is 9.92. The van der Waals surface area contributed by atoms with E-state index in [1.165, 1.54) is 6.42 Å². The number of benzene rings is 2. The molecule has 6 heteroatoms. The zero-order chi connectivity index (χ0) is 18.6. The first kappa shape index (κ1) is 17.7. The second-order valence-electron chi connectivity index (χ2n) is 7.21. The SMILES string of the molecule is CN1C2CCCC1CN(C(=O)Oc1ccc(/N=N/c3ccccc3)cc1)C2. The normalized spacial score (nSPS) is 22.8. The van der Waals surface area contributed by atoms with E-state index in [2.05, 4.69) is 22.2 Å². The van der Waals surface area contributed by atoms with Gasteiger partial charge in [0.2, 0.25) is 0 Å². The van der Waals surface area contributed by atoms with E-state index < -0.39 is 0 Å². The van der Waals surface area contributed by atoms with Gasteiger partial charge in [0.25, 0.3) is 0 Å². The summed E-state index contributed by atoms with van der Waals surface area (Å²) in [6, 6.07) is 17.6. The van der Waals surface area contributed by atoms with Crippen molar-refractivity contribution in [1.29, 1.82) is 0 Å². The van der Waals surface area contributed by atoms with Gasteiger partial charge in [-0.3, -0.25) is 4.90 Å². The number of nitrogens with zero attached hydrogens (tertiary/aromatic N) is 4. The van der Waals surface area contributed by atoms with Crippen molar-refractivity contribution >= 4 is 17.5 Å². The Kier molecular flexibility index (Phi) is 5.16. The number of fused-ring (bicyclic) bond motifs is 2. The molecular formula is C21H24N4O2. The molecule has 2 bridgehead atoms. The Bertz CT molecular complexity index is 793. The maximum Gasteiger partial charge on any atom is 0.415 e. The number of likely N-dealkylation sites (tertiary alicyclic amines) is 1. The Morgan fingerprint density at radius 1 is 0.926 bits per heavy atom. The molecule has 0 aromatic heterocycles. The van der Waals surface area contributed by atoms with Gasteiger partial charge in [0.05, 0.1) is 11.4 Å². The predicted molar refractivity (Wildman–Crippen MR) is 104 cm³/mol. The molecule has 140 valence electrons. The fourth-order valence-corrected chi connectivity index (χ4v) is 3.82. The van der Waals surface area contributed by atoms with Crippen molar-refractivity contribution in [1.82, 2.24) is 9.80 Å². The molecule has 2 aliphatic rings. The molecule has 2 fully saturated rings. The van der Waals surface area contributed by atoms with Crippen molar-refractivity contribution in [3.8, 4) is 5.75 Å². The number of amides is 1. The number of likely N-dealkylation sites (N-methyl/N-ethyl adjacent to an activating group) is 1. The third-order valence-corrected chi connectivity index (χ3v) is 5.43. The van der Waals surface area contributed by atoms with Crippen molar-refractivity contribution in [2.45, 2.75) is 31.3 Å². The molecule has 2 atom stereocenters. The van der Waals surface area contributed by atoms with Gasteiger partial charge < -0.3 is 9.64 Å². The molecule has 4 rings (SSSR count). The van der Waals surface area contributed by atoms with Gasteiger partial charge in [0, 0.05) is 25.2 Å². The largest absolute Gasteiger partial charge is 0.415 e. The molecule has 2 unspecified atom stereocenters. The van der Waals surface area contributed by atoms with Crippen LogP contribution < -0.4 is 4.74 Å². The van der Waals surface area contributed by atoms with Crippen molar-refractivity contribution in [2.24, 2.45) is 10.2 Å². The second-order valence-corrected chi connectivity index (χ2v) is 7.21. The number of piperidine rings is 1. The van der Waals surface area contributed by atoms with E-state index in [4.69, 9.17) is 4.74 Å². The van der Waals surface area contributed by atoms with Crippen molar-refractivity contribution < 1.29 is 9.53 Å². The molecule has 0 aliphatic carbocycles. The number of rotatable bonds is 3. The van der Waals surface area contributed by atoms with E-state index in [0.717, 1.165) is 31.6 Å². The van der Waals surface area contributed by atoms with Gasteiger partial charge in [0.1, 0.15) is 5.75 Å². The average molecular weight is 364 g/mol. The average Bonchev–Trinajstić information content (AvgIpc) is 2.68. The highest BCUT2D eigenvalue weighted by Crippen LogP contribution is 2.28. The number of ether oxygens (including phenoxy) is 1. The summed E-state index contributed by atoms with van der Waals surface area (Å²) in [6.45, 7) is 1.49. The van der Waals surface area contributed by atoms with Crippen LogP contribution in [0.4, 0.5) is 16.2 Å². The smallest absolute Gasteiger partial charge is 0.410 e. The van der Waals surface area contributed by atoms with E-state index in [0.29, 0.717) is 23.5 Å². The summed E-state index contributed by atoms with van der Waals surface area (Å²) in [5.41, 5.74) is 1.52. The van der Waals surface area contributed by atoms with Gasteiger partial charge in [-0.2, -0.15) is 10.2 Å². The Balaban J connectivity index is 1.36. The predicted octanol–water partition coefficient (Wildman–Crippen LogP) is 4.77. The summed E-state index contributed by atoms with van der Waals surface area (Å²) in [7, 11) is 2.17. The third-order valence-electron chi connectivity index (χ3n) is 5.43. The lowest BCUT2D eigenvalue weighted by Crippen LogP contribution is -2.60. The zero-order valence-electron chi connectivity index (χ0n) is 15.5. The molecule has 0 saturated carbocycles. The van der Waals surface area contributed by atoms with E-state index >= 15 is 0 Å². The molecule has 2 aliphatic heterocycles. The maximum absolute atomic E-state index is 12.5. The highest BCUT2D eigenvalue weighted by atomic mass is 16.6. The molecule has 27 heavy (non-hydrogen) atoms. The molecule has 0 N–H and O–H groups in total. The molecular weight excluding hydrogens is 340 g/mol. The lowest BCUT2D eigenvalue weighted by molar-refractivity contribution is 0.0168. The van der Waals surface area contributed by atoms with Crippen molar-refractivity contribution in [3.63, 3.8) is 0 Å². The van der Waals surface area contributed by atoms with Gasteiger partial charge in [-0.25, -0.2) is 4.79 Å². The molecule has 6 nitrogen and oxygen atoms in total. The zero-order valence-corrected chi connectivity index (χ0v) is 15.5. The van der Waals surface area contributed by atoms with Gasteiger partial charge in [-0.05, 0) is 56.3 Å². The van der Waals surface area contributed by atoms with Crippen molar-refractivity contribution in [3.05, 3.63) is 54.6 Å². The Morgan fingerprint density at radius 2 is 1.52 bits per heavy atom. The third kappa shape index (κ3) is 4.17. The fourth-order valence-electron chi connectivity index (χ4n) is 3.82. The highest BCUT2D eigenvalue weighted by molar-refractivity contribution is 5.71. The monoisotopic (exact) mass is 364 g/mol. The standard InChI is InChI=1S/C21H24N4O2/c1-24-18-8-5-9-19(24)15-25(14-18)21(26)27-20-12-10-17(11-13-20)23-22-16-6-3-2-4-7-16/h2-4,6-7,10-13,18-19H,5,8-9,14-15H2,1H3/b23-22+. The van der Waals surface area contributed by atoms with Crippen LogP contribution in [-0.4, -0.2) is 48.1 Å². The van der Waals surface area contributed by atoms with Crippen LogP contribution in [-0.2, 0) is 0 Å². The van der Waals surface area contributed by atoms with E-state index in [1.54, 1.807) is 24.3 Å². The first-order chi connectivity index (χ1) is 13.2. The first-order valence-electron chi connectivity index (χ1n) is 9.44. The Labute approximate surface area is 159 Å². The molecule has 0 spiro atoms. The quantitative estimate of drug-likeness (QED) is 0.737. The molecule has 2 heterocycles. The summed E-state index contributed by atoms with van der Waals surface area (Å²) >= 11 is 0. The number of piperazine rings is 1. The summed E-state index contributed by atoms with van der Waals surface area (Å²) in [5, 5.41) is 8.39. The Morgan fingerprint density at radius 3 is 2.15 bits per heavy atom. The lowest BCUT2D eigenvalue weighted by Gasteiger charge is -2.47. The van der Waals surface area contributed by atoms with Gasteiger partial charge in [-0.1, -0.05) is 24.6 Å². The highest BCUT2D eigenvalue weighted by Gasteiger charge is 2.37. The molecule has 2 saturated heterocycles. The van der Waals surface area contributed by atoms with Crippen molar-refractivity contribution in [2.75, 3.05) is 20.1 Å². The minimum atomic E-state index is -0.265. The topological polar surface area (TPSA) is 57.5 Å². The van der Waals surface area contributed by atoms with Crippen LogP contribution in [0.25, 0.3) is 0 Å². The maximum atomic E-state index is 12.5. The molecule has 2 aromatic carbocycles. The van der Waals surface area contributed by atoms with Gasteiger partial charge in [-0.15, -0.1) is 0 Å². The summed E-state index contributed by atoms with van der Waals surface area (Å²) < 4.78 is 5.57. The number of carbonyl (C=O) groups is 1. The van der Waals surface area contributed by atoms with Crippen LogP contribution >= 0.6 is 0 Å². The first-order valence-corrected chi connectivity index (χ1v) is 9.44.